The molecule has 3 heterocycles. The minimum atomic E-state index is 0.0650. The first-order chi connectivity index (χ1) is 11.6. The molecule has 1 aliphatic rings. The van der Waals surface area contributed by atoms with Crippen molar-refractivity contribution in [1.82, 2.24) is 19.9 Å². The Morgan fingerprint density at radius 1 is 1.46 bits per heavy atom. The van der Waals surface area contributed by atoms with Crippen LogP contribution in [-0.2, 0) is 17.8 Å². The number of amides is 1. The number of likely N-dealkylation sites (tertiary alicyclic amines) is 1. The number of nitrogens with zero attached hydrogens (tertiary/aromatic N) is 4. The van der Waals surface area contributed by atoms with Crippen LogP contribution < -0.4 is 0 Å². The van der Waals surface area contributed by atoms with Gasteiger partial charge in [-0.2, -0.15) is 4.98 Å². The van der Waals surface area contributed by atoms with E-state index in [1.54, 1.807) is 11.9 Å². The van der Waals surface area contributed by atoms with Crippen molar-refractivity contribution in [2.24, 2.45) is 0 Å². The molecule has 0 radical (unpaired) electrons. The van der Waals surface area contributed by atoms with Crippen LogP contribution in [0.1, 0.15) is 49.0 Å². The van der Waals surface area contributed by atoms with Crippen molar-refractivity contribution in [2.75, 3.05) is 20.1 Å². The molecule has 2 aromatic heterocycles. The number of carbonyl (C=O) groups excluding carboxylic acids is 1. The summed E-state index contributed by atoms with van der Waals surface area (Å²) in [6, 6.07) is 3.88. The summed E-state index contributed by atoms with van der Waals surface area (Å²) in [7, 11) is 1.80. The summed E-state index contributed by atoms with van der Waals surface area (Å²) in [4.78, 5) is 20.8. The number of aryl methyl sites for hydroxylation is 2. The fourth-order valence-corrected chi connectivity index (χ4v) is 3.04. The highest BCUT2D eigenvalue weighted by Gasteiger charge is 2.31. The predicted octanol–water partition coefficient (Wildman–Crippen LogP) is 2.33. The molecular weight excluding hydrogens is 308 g/mol. The first kappa shape index (κ1) is 16.7. The van der Waals surface area contributed by atoms with Crippen molar-refractivity contribution >= 4 is 5.91 Å². The minimum absolute atomic E-state index is 0.0650. The van der Waals surface area contributed by atoms with Gasteiger partial charge in [0.05, 0.1) is 19.1 Å². The molecule has 0 saturated carbocycles. The van der Waals surface area contributed by atoms with E-state index in [1.807, 2.05) is 26.0 Å². The fraction of sp³-hybridized carbons (Fsp3) is 0.588. The third-order valence-corrected chi connectivity index (χ3v) is 4.40. The van der Waals surface area contributed by atoms with Crippen LogP contribution in [0.15, 0.2) is 21.1 Å². The molecule has 24 heavy (non-hydrogen) atoms. The average molecular weight is 332 g/mol. The lowest BCUT2D eigenvalue weighted by molar-refractivity contribution is -0.132. The van der Waals surface area contributed by atoms with Crippen molar-refractivity contribution in [3.63, 3.8) is 0 Å². The maximum Gasteiger partial charge on any atom is 0.236 e. The summed E-state index contributed by atoms with van der Waals surface area (Å²) in [6.45, 7) is 5.60. The molecule has 0 unspecified atom stereocenters. The van der Waals surface area contributed by atoms with E-state index in [9.17, 15) is 4.79 Å². The zero-order valence-corrected chi connectivity index (χ0v) is 14.5. The lowest BCUT2D eigenvalue weighted by atomic mass is 10.2. The third-order valence-electron chi connectivity index (χ3n) is 4.40. The van der Waals surface area contributed by atoms with Crippen LogP contribution in [0.5, 0.6) is 0 Å². The van der Waals surface area contributed by atoms with E-state index in [1.165, 1.54) is 0 Å². The lowest BCUT2D eigenvalue weighted by Crippen LogP contribution is -2.38. The summed E-state index contributed by atoms with van der Waals surface area (Å²) >= 11 is 0. The van der Waals surface area contributed by atoms with Gasteiger partial charge in [0.2, 0.25) is 11.8 Å². The molecule has 1 fully saturated rings. The Morgan fingerprint density at radius 3 is 2.96 bits per heavy atom. The van der Waals surface area contributed by atoms with E-state index in [0.717, 1.165) is 37.3 Å². The minimum Gasteiger partial charge on any atom is -0.464 e. The molecule has 1 atom stereocenters. The van der Waals surface area contributed by atoms with Crippen LogP contribution in [0, 0.1) is 6.92 Å². The van der Waals surface area contributed by atoms with E-state index < -0.39 is 0 Å². The molecular formula is C17H24N4O3. The lowest BCUT2D eigenvalue weighted by Gasteiger charge is -2.24. The largest absolute Gasteiger partial charge is 0.464 e. The number of hydrogen-bond acceptors (Lipinski definition) is 6. The van der Waals surface area contributed by atoms with Crippen LogP contribution in [0.4, 0.5) is 0 Å². The van der Waals surface area contributed by atoms with Gasteiger partial charge in [0.25, 0.3) is 0 Å². The molecule has 0 bridgehead atoms. The Balaban J connectivity index is 1.60. The van der Waals surface area contributed by atoms with Crippen molar-refractivity contribution in [1.29, 1.82) is 0 Å². The van der Waals surface area contributed by atoms with E-state index in [2.05, 4.69) is 15.0 Å². The topological polar surface area (TPSA) is 75.6 Å². The normalized spacial score (nSPS) is 18.2. The fourth-order valence-electron chi connectivity index (χ4n) is 3.04. The maximum atomic E-state index is 12.5. The molecule has 7 heteroatoms. The number of hydrogen-bond donors (Lipinski definition) is 0. The van der Waals surface area contributed by atoms with Gasteiger partial charge in [0.1, 0.15) is 11.5 Å². The van der Waals surface area contributed by atoms with Gasteiger partial charge in [-0.1, -0.05) is 12.1 Å². The second-order valence-electron chi connectivity index (χ2n) is 6.29. The zero-order valence-electron chi connectivity index (χ0n) is 14.5. The summed E-state index contributed by atoms with van der Waals surface area (Å²) in [5.41, 5.74) is 0. The van der Waals surface area contributed by atoms with E-state index in [-0.39, 0.29) is 11.9 Å². The van der Waals surface area contributed by atoms with Crippen molar-refractivity contribution < 1.29 is 13.7 Å². The third kappa shape index (κ3) is 3.67. The maximum absolute atomic E-state index is 12.5. The van der Waals surface area contributed by atoms with Crippen molar-refractivity contribution in [3.05, 3.63) is 35.4 Å². The summed E-state index contributed by atoms with van der Waals surface area (Å²) < 4.78 is 10.8. The molecule has 7 nitrogen and oxygen atoms in total. The molecule has 2 aromatic rings. The molecule has 1 saturated heterocycles. The van der Waals surface area contributed by atoms with Crippen LogP contribution in [0.25, 0.3) is 0 Å². The molecule has 1 amide bonds. The van der Waals surface area contributed by atoms with Crippen LogP contribution >= 0.6 is 0 Å². The van der Waals surface area contributed by atoms with Gasteiger partial charge >= 0.3 is 0 Å². The molecule has 0 N–H and O–H groups in total. The predicted molar refractivity (Wildman–Crippen MR) is 87.1 cm³/mol. The Hall–Kier alpha value is -2.15. The molecule has 1 aliphatic heterocycles. The SMILES string of the molecule is CCc1nc([C@@H]2CCCN2CC(=O)N(C)Cc2ccc(C)o2)no1. The van der Waals surface area contributed by atoms with Gasteiger partial charge in [0.15, 0.2) is 5.82 Å². The van der Waals surface area contributed by atoms with E-state index in [4.69, 9.17) is 8.94 Å². The quantitative estimate of drug-likeness (QED) is 0.808. The van der Waals surface area contributed by atoms with Gasteiger partial charge in [-0.05, 0) is 38.4 Å². The zero-order chi connectivity index (χ0) is 17.1. The Bertz CT molecular complexity index is 694. The second kappa shape index (κ2) is 7.17. The number of aromatic nitrogens is 2. The Labute approximate surface area is 141 Å². The van der Waals surface area contributed by atoms with Crippen LogP contribution in [0.3, 0.4) is 0 Å². The van der Waals surface area contributed by atoms with E-state index in [0.29, 0.717) is 24.8 Å². The number of furan rings is 1. The first-order valence-corrected chi connectivity index (χ1v) is 8.42. The number of rotatable bonds is 6. The van der Waals surface area contributed by atoms with Gasteiger partial charge in [-0.25, -0.2) is 0 Å². The Kier molecular flexibility index (Phi) is 4.99. The second-order valence-corrected chi connectivity index (χ2v) is 6.29. The molecule has 0 aliphatic carbocycles. The highest BCUT2D eigenvalue weighted by Crippen LogP contribution is 2.30. The van der Waals surface area contributed by atoms with Crippen LogP contribution in [-0.4, -0.2) is 46.0 Å². The van der Waals surface area contributed by atoms with Crippen molar-refractivity contribution in [2.45, 2.75) is 45.7 Å². The van der Waals surface area contributed by atoms with Gasteiger partial charge < -0.3 is 13.8 Å². The summed E-state index contributed by atoms with van der Waals surface area (Å²) in [5.74, 6) is 3.06. The number of likely N-dealkylation sites (N-methyl/N-ethyl adjacent to an activating group) is 1. The van der Waals surface area contributed by atoms with E-state index >= 15 is 0 Å². The average Bonchev–Trinajstić information content (AvgIpc) is 3.27. The highest BCUT2D eigenvalue weighted by atomic mass is 16.5. The van der Waals surface area contributed by atoms with Crippen molar-refractivity contribution in [3.8, 4) is 0 Å². The van der Waals surface area contributed by atoms with Gasteiger partial charge in [-0.15, -0.1) is 0 Å². The summed E-state index contributed by atoms with van der Waals surface area (Å²) in [5, 5.41) is 4.07. The molecule has 0 spiro atoms. The Morgan fingerprint density at radius 2 is 2.29 bits per heavy atom. The highest BCUT2D eigenvalue weighted by molar-refractivity contribution is 5.78. The monoisotopic (exact) mass is 332 g/mol. The first-order valence-electron chi connectivity index (χ1n) is 8.42. The van der Waals surface area contributed by atoms with Crippen LogP contribution in [0.2, 0.25) is 0 Å². The molecule has 0 aromatic carbocycles. The standard InChI is InChI=1S/C17H24N4O3/c1-4-15-18-17(19-24-15)14-6-5-9-21(14)11-16(22)20(3)10-13-8-7-12(2)23-13/h7-8,14H,4-6,9-11H2,1-3H3/t14-/m0/s1. The number of carbonyl (C=O) groups is 1. The molecule has 130 valence electrons. The smallest absolute Gasteiger partial charge is 0.236 e. The summed E-state index contributed by atoms with van der Waals surface area (Å²) in [6.07, 6.45) is 2.72. The molecule has 3 rings (SSSR count). The van der Waals surface area contributed by atoms with Gasteiger partial charge in [0, 0.05) is 13.5 Å². The van der Waals surface area contributed by atoms with Gasteiger partial charge in [-0.3, -0.25) is 9.69 Å².